The lowest BCUT2D eigenvalue weighted by Gasteiger charge is -2.30. The summed E-state index contributed by atoms with van der Waals surface area (Å²) in [6, 6.07) is 0.0525. The molecule has 0 spiro atoms. The molecule has 1 fully saturated rings. The van der Waals surface area contributed by atoms with Crippen LogP contribution in [0.15, 0.2) is 0 Å². The molecule has 1 saturated heterocycles. The molecule has 5 N–H and O–H groups in total. The minimum Gasteiger partial charge on any atom is -0.324 e. The van der Waals surface area contributed by atoms with Crippen molar-refractivity contribution >= 4 is 27.8 Å². The molecule has 1 heterocycles. The molecule has 0 bridgehead atoms. The van der Waals surface area contributed by atoms with Gasteiger partial charge in [0.25, 0.3) is 0 Å². The van der Waals surface area contributed by atoms with Crippen LogP contribution in [0.5, 0.6) is 0 Å². The number of nitrogens with one attached hydrogen (secondary N) is 1. The smallest absolute Gasteiger partial charge is 0.324 e. The van der Waals surface area contributed by atoms with E-state index >= 15 is 0 Å². The van der Waals surface area contributed by atoms with Crippen molar-refractivity contribution in [2.24, 2.45) is 5.92 Å². The van der Waals surface area contributed by atoms with Crippen molar-refractivity contribution in [1.29, 1.82) is 0 Å². The zero-order valence-corrected chi connectivity index (χ0v) is 13.1. The molecule has 114 valence electrons. The first-order valence-electron chi connectivity index (χ1n) is 6.09. The number of hydrogen-bond acceptors (Lipinski definition) is 4. The molecule has 0 aliphatic carbocycles. The second kappa shape index (κ2) is 7.05. The highest BCUT2D eigenvalue weighted by Gasteiger charge is 2.43. The number of rotatable bonds is 6. The Morgan fingerprint density at radius 2 is 1.74 bits per heavy atom. The largest absolute Gasteiger partial charge is 0.340 e. The van der Waals surface area contributed by atoms with Gasteiger partial charge in [0.15, 0.2) is 5.40 Å². The molecule has 7 nitrogen and oxygen atoms in total. The van der Waals surface area contributed by atoms with E-state index in [0.29, 0.717) is 12.3 Å². The molecule has 0 amide bonds. The predicted molar refractivity (Wildman–Crippen MR) is 75.5 cm³/mol. The fraction of sp³-hybridized carbons (Fsp3) is 1.00. The minimum absolute atomic E-state index is 0.0525. The lowest BCUT2D eigenvalue weighted by molar-refractivity contribution is 0.303. The average molecular weight is 333 g/mol. The molecule has 0 saturated carbocycles. The highest BCUT2D eigenvalue weighted by atomic mass is 32.1. The molecule has 0 aromatic heterocycles. The quantitative estimate of drug-likeness (QED) is 0.313. The molecule has 1 aliphatic rings. The normalized spacial score (nSPS) is 25.8. The van der Waals surface area contributed by atoms with Crippen LogP contribution in [0.3, 0.4) is 0 Å². The highest BCUT2D eigenvalue weighted by Crippen LogP contribution is 2.61. The first kappa shape index (κ1) is 17.7. The van der Waals surface area contributed by atoms with E-state index in [0.717, 1.165) is 25.1 Å². The monoisotopic (exact) mass is 333 g/mol. The maximum Gasteiger partial charge on any atom is 0.340 e. The number of thiol groups is 1. The van der Waals surface area contributed by atoms with Crippen LogP contribution >= 0.6 is 27.8 Å². The second-order valence-corrected chi connectivity index (χ2v) is 9.34. The van der Waals surface area contributed by atoms with Crippen molar-refractivity contribution in [3.63, 3.8) is 0 Å². The van der Waals surface area contributed by atoms with Gasteiger partial charge in [-0.05, 0) is 43.9 Å². The molecule has 2 unspecified atom stereocenters. The van der Waals surface area contributed by atoms with Crippen LogP contribution in [0, 0.1) is 5.92 Å². The Bertz CT molecular complexity index is 353. The van der Waals surface area contributed by atoms with Crippen LogP contribution in [-0.2, 0) is 9.13 Å². The highest BCUT2D eigenvalue weighted by molar-refractivity contribution is 7.80. The van der Waals surface area contributed by atoms with E-state index < -0.39 is 20.6 Å². The summed E-state index contributed by atoms with van der Waals surface area (Å²) in [7, 11) is -9.57. The Labute approximate surface area is 117 Å². The lowest BCUT2D eigenvalue weighted by Crippen LogP contribution is -2.39. The van der Waals surface area contributed by atoms with Gasteiger partial charge in [-0.25, -0.2) is 0 Å². The van der Waals surface area contributed by atoms with E-state index in [2.05, 4.69) is 17.9 Å². The van der Waals surface area contributed by atoms with Crippen molar-refractivity contribution in [3.05, 3.63) is 0 Å². The second-order valence-electron chi connectivity index (χ2n) is 4.97. The molecule has 10 heteroatoms. The van der Waals surface area contributed by atoms with Gasteiger partial charge in [-0.3, -0.25) is 9.13 Å². The van der Waals surface area contributed by atoms with Gasteiger partial charge in [-0.15, -0.1) is 0 Å². The van der Waals surface area contributed by atoms with Crippen LogP contribution in [0.25, 0.3) is 0 Å². The van der Waals surface area contributed by atoms with Crippen molar-refractivity contribution in [2.75, 3.05) is 12.3 Å². The van der Waals surface area contributed by atoms with E-state index in [1.807, 2.05) is 0 Å². The third-order valence-corrected chi connectivity index (χ3v) is 7.82. The molecule has 1 aliphatic heterocycles. The molecule has 1 rings (SSSR count). The third kappa shape index (κ3) is 5.86. The van der Waals surface area contributed by atoms with Crippen LogP contribution in [0.1, 0.15) is 25.7 Å². The van der Waals surface area contributed by atoms with Crippen molar-refractivity contribution in [1.82, 2.24) is 5.32 Å². The molecule has 2 atom stereocenters. The molecular formula is C9H21NO6P2S. The summed E-state index contributed by atoms with van der Waals surface area (Å²) in [5.74, 6) is 1.27. The van der Waals surface area contributed by atoms with Gasteiger partial charge in [0, 0.05) is 6.04 Å². The molecule has 0 aromatic carbocycles. The Morgan fingerprint density at radius 3 is 2.11 bits per heavy atom. The summed E-state index contributed by atoms with van der Waals surface area (Å²) in [5, 5.41) is 1.34. The Hall–Kier alpha value is 0.610. The summed E-state index contributed by atoms with van der Waals surface area (Å²) in [6.45, 7) is 0.782. The van der Waals surface area contributed by atoms with Crippen molar-refractivity contribution < 1.29 is 28.7 Å². The summed E-state index contributed by atoms with van der Waals surface area (Å²) >= 11 is 4.21. The van der Waals surface area contributed by atoms with Crippen LogP contribution in [-0.4, -0.2) is 43.3 Å². The predicted octanol–water partition coefficient (Wildman–Crippen LogP) is 0.746. The first-order valence-corrected chi connectivity index (χ1v) is 10.1. The standard InChI is InChI=1S/C9H21NO6P2S/c11-17(12,13)9(18(14,15)16)4-3-8-2-1-7(6-19)5-10-8/h7-10,19H,1-6H2,(H2,11,12,13)(H2,14,15,16). The van der Waals surface area contributed by atoms with Gasteiger partial charge >= 0.3 is 15.2 Å². The van der Waals surface area contributed by atoms with Gasteiger partial charge in [0.05, 0.1) is 0 Å². The summed E-state index contributed by atoms with van der Waals surface area (Å²) in [5.41, 5.74) is 0. The molecular weight excluding hydrogens is 312 g/mol. The van der Waals surface area contributed by atoms with Crippen molar-refractivity contribution in [2.45, 2.75) is 37.1 Å². The van der Waals surface area contributed by atoms with Gasteiger partial charge in [-0.1, -0.05) is 0 Å². The van der Waals surface area contributed by atoms with Crippen LogP contribution < -0.4 is 5.32 Å². The van der Waals surface area contributed by atoms with Gasteiger partial charge < -0.3 is 24.9 Å². The topological polar surface area (TPSA) is 127 Å². The number of hydrogen-bond donors (Lipinski definition) is 6. The molecule has 0 aromatic rings. The minimum atomic E-state index is -4.79. The maximum atomic E-state index is 11.1. The summed E-state index contributed by atoms with van der Waals surface area (Å²) in [4.78, 5) is 36.0. The first-order chi connectivity index (χ1) is 8.64. The zero-order valence-electron chi connectivity index (χ0n) is 10.4. The van der Waals surface area contributed by atoms with Gasteiger partial charge in [0.1, 0.15) is 0 Å². The molecule has 19 heavy (non-hydrogen) atoms. The van der Waals surface area contributed by atoms with Gasteiger partial charge in [-0.2, -0.15) is 12.6 Å². The fourth-order valence-corrected chi connectivity index (χ4v) is 5.11. The third-order valence-electron chi connectivity index (χ3n) is 3.43. The number of piperidine rings is 1. The van der Waals surface area contributed by atoms with E-state index in [1.54, 1.807) is 0 Å². The summed E-state index contributed by atoms with van der Waals surface area (Å²) < 4.78 is 22.2. The summed E-state index contributed by atoms with van der Waals surface area (Å²) in [6.07, 6.45) is 1.97. The van der Waals surface area contributed by atoms with Crippen LogP contribution in [0.2, 0.25) is 0 Å². The van der Waals surface area contributed by atoms with E-state index in [-0.39, 0.29) is 12.5 Å². The van der Waals surface area contributed by atoms with Gasteiger partial charge in [0.2, 0.25) is 0 Å². The fourth-order valence-electron chi connectivity index (χ4n) is 2.26. The Balaban J connectivity index is 2.50. The van der Waals surface area contributed by atoms with Crippen molar-refractivity contribution in [3.8, 4) is 0 Å². The van der Waals surface area contributed by atoms with E-state index in [9.17, 15) is 9.13 Å². The van der Waals surface area contributed by atoms with E-state index in [1.165, 1.54) is 0 Å². The maximum absolute atomic E-state index is 11.1. The zero-order chi connectivity index (χ0) is 14.7. The SMILES string of the molecule is O=P(O)(O)C(CCC1CCC(CS)CN1)P(=O)(O)O. The van der Waals surface area contributed by atoms with Crippen LogP contribution in [0.4, 0.5) is 0 Å². The molecule has 0 radical (unpaired) electrons. The lowest BCUT2D eigenvalue weighted by atomic mass is 9.94. The Kier molecular flexibility index (Phi) is 6.55. The Morgan fingerprint density at radius 1 is 1.16 bits per heavy atom. The van der Waals surface area contributed by atoms with E-state index in [4.69, 9.17) is 19.6 Å². The average Bonchev–Trinajstić information content (AvgIpc) is 2.26.